The molecule has 3 aromatic rings. The fourth-order valence-electron chi connectivity index (χ4n) is 4.13. The number of nitrogens with one attached hydrogen (secondary N) is 1. The zero-order valence-electron chi connectivity index (χ0n) is 16.2. The van der Waals surface area contributed by atoms with Crippen LogP contribution < -0.4 is 4.90 Å². The van der Waals surface area contributed by atoms with Crippen LogP contribution in [0.15, 0.2) is 36.7 Å². The lowest BCUT2D eigenvalue weighted by Crippen LogP contribution is -2.66. The zero-order valence-corrected chi connectivity index (χ0v) is 16.2. The van der Waals surface area contributed by atoms with Crippen LogP contribution in [0.25, 0.3) is 22.4 Å². The van der Waals surface area contributed by atoms with Crippen molar-refractivity contribution >= 4 is 23.1 Å². The molecular formula is C22H24N4O2. The fourth-order valence-corrected chi connectivity index (χ4v) is 4.13. The highest BCUT2D eigenvalue weighted by molar-refractivity contribution is 5.79. The van der Waals surface area contributed by atoms with E-state index in [0.717, 1.165) is 60.6 Å². The van der Waals surface area contributed by atoms with Crippen molar-refractivity contribution in [3.63, 3.8) is 0 Å². The van der Waals surface area contributed by atoms with Gasteiger partial charge in [0.25, 0.3) is 0 Å². The van der Waals surface area contributed by atoms with Crippen LogP contribution in [0.4, 0.5) is 5.69 Å². The summed E-state index contributed by atoms with van der Waals surface area (Å²) >= 11 is 0. The molecule has 1 spiro atoms. The van der Waals surface area contributed by atoms with Crippen LogP contribution in [-0.2, 0) is 16.0 Å². The van der Waals surface area contributed by atoms with Crippen LogP contribution in [0.2, 0.25) is 0 Å². The summed E-state index contributed by atoms with van der Waals surface area (Å²) in [6, 6.07) is 8.48. The molecule has 1 aromatic carbocycles. The molecule has 0 amide bonds. The van der Waals surface area contributed by atoms with Crippen molar-refractivity contribution in [1.82, 2.24) is 15.0 Å². The highest BCUT2D eigenvalue weighted by atomic mass is 16.5. The van der Waals surface area contributed by atoms with E-state index >= 15 is 0 Å². The molecular weight excluding hydrogens is 352 g/mol. The Morgan fingerprint density at radius 1 is 1.32 bits per heavy atom. The molecule has 144 valence electrons. The number of ether oxygens (including phenoxy) is 1. The predicted octanol–water partition coefficient (Wildman–Crippen LogP) is 3.23. The first-order chi connectivity index (χ1) is 13.5. The molecule has 6 heteroatoms. The molecule has 2 aliphatic heterocycles. The molecule has 0 aliphatic carbocycles. The maximum atomic E-state index is 11.3. The van der Waals surface area contributed by atoms with E-state index in [1.54, 1.807) is 0 Å². The van der Waals surface area contributed by atoms with Gasteiger partial charge in [0.05, 0.1) is 30.5 Å². The highest BCUT2D eigenvalue weighted by Crippen LogP contribution is 2.40. The number of carbonyl (C=O) groups is 1. The van der Waals surface area contributed by atoms with Gasteiger partial charge >= 0.3 is 0 Å². The number of hydrogen-bond donors (Lipinski definition) is 1. The second-order valence-electron chi connectivity index (χ2n) is 8.95. The van der Waals surface area contributed by atoms with Crippen LogP contribution in [-0.4, -0.2) is 47.5 Å². The highest BCUT2D eigenvalue weighted by Gasteiger charge is 2.49. The molecule has 5 rings (SSSR count). The normalized spacial score (nSPS) is 18.1. The monoisotopic (exact) mass is 376 g/mol. The quantitative estimate of drug-likeness (QED) is 0.692. The Kier molecular flexibility index (Phi) is 3.81. The fraction of sp³-hybridized carbons (Fsp3) is 0.409. The topological polar surface area (TPSA) is 71.1 Å². The van der Waals surface area contributed by atoms with Gasteiger partial charge in [0, 0.05) is 36.0 Å². The van der Waals surface area contributed by atoms with E-state index in [1.807, 2.05) is 26.2 Å². The number of H-pyrrole nitrogens is 1. The molecule has 2 aliphatic rings. The lowest BCUT2D eigenvalue weighted by Gasteiger charge is -2.56. The maximum Gasteiger partial charge on any atom is 0.156 e. The first kappa shape index (κ1) is 17.4. The molecule has 0 unspecified atom stereocenters. The van der Waals surface area contributed by atoms with Crippen molar-refractivity contribution in [2.24, 2.45) is 10.8 Å². The third-order valence-electron chi connectivity index (χ3n) is 5.80. The first-order valence-corrected chi connectivity index (χ1v) is 9.70. The number of benzene rings is 1. The number of rotatable bonds is 5. The van der Waals surface area contributed by atoms with Crippen LogP contribution in [0, 0.1) is 10.8 Å². The van der Waals surface area contributed by atoms with E-state index in [4.69, 9.17) is 9.72 Å². The smallest absolute Gasteiger partial charge is 0.156 e. The van der Waals surface area contributed by atoms with Crippen LogP contribution in [0.5, 0.6) is 0 Å². The number of anilines is 1. The van der Waals surface area contributed by atoms with Gasteiger partial charge in [-0.15, -0.1) is 0 Å². The second kappa shape index (κ2) is 6.14. The van der Waals surface area contributed by atoms with Gasteiger partial charge < -0.3 is 19.4 Å². The molecule has 2 saturated heterocycles. The van der Waals surface area contributed by atoms with Gasteiger partial charge in [0.2, 0.25) is 0 Å². The number of carbonyl (C=O) groups excluding carboxylic acids is 1. The van der Waals surface area contributed by atoms with E-state index in [1.165, 1.54) is 5.69 Å². The van der Waals surface area contributed by atoms with Crippen molar-refractivity contribution in [3.05, 3.63) is 42.2 Å². The zero-order chi connectivity index (χ0) is 19.4. The summed E-state index contributed by atoms with van der Waals surface area (Å²) in [5.41, 5.74) is 5.70. The Morgan fingerprint density at radius 2 is 2.14 bits per heavy atom. The Balaban J connectivity index is 1.44. The predicted molar refractivity (Wildman–Crippen MR) is 108 cm³/mol. The minimum Gasteiger partial charge on any atom is -0.380 e. The summed E-state index contributed by atoms with van der Waals surface area (Å²) in [5, 5.41) is 0. The Morgan fingerprint density at radius 3 is 2.86 bits per heavy atom. The number of fused-ring (bicyclic) bond motifs is 1. The lowest BCUT2D eigenvalue weighted by atomic mass is 9.77. The number of hydrogen-bond acceptors (Lipinski definition) is 5. The van der Waals surface area contributed by atoms with Crippen LogP contribution in [0.3, 0.4) is 0 Å². The second-order valence-corrected chi connectivity index (χ2v) is 8.95. The third-order valence-corrected chi connectivity index (χ3v) is 5.80. The van der Waals surface area contributed by atoms with Crippen LogP contribution >= 0.6 is 0 Å². The van der Waals surface area contributed by atoms with Crippen molar-refractivity contribution in [2.45, 2.75) is 20.3 Å². The van der Waals surface area contributed by atoms with E-state index in [2.05, 4.69) is 39.1 Å². The van der Waals surface area contributed by atoms with Gasteiger partial charge in [0.15, 0.2) is 5.65 Å². The maximum absolute atomic E-state index is 11.3. The van der Waals surface area contributed by atoms with Crippen molar-refractivity contribution in [1.29, 1.82) is 0 Å². The van der Waals surface area contributed by atoms with E-state index < -0.39 is 5.41 Å². The average molecular weight is 376 g/mol. The minimum atomic E-state index is -0.425. The molecule has 1 N–H and O–H groups in total. The van der Waals surface area contributed by atoms with Crippen molar-refractivity contribution in [3.8, 4) is 11.3 Å². The summed E-state index contributed by atoms with van der Waals surface area (Å²) in [5.74, 6) is 0. The van der Waals surface area contributed by atoms with Gasteiger partial charge in [-0.3, -0.25) is 0 Å². The molecule has 2 aromatic heterocycles. The van der Waals surface area contributed by atoms with Gasteiger partial charge in [-0.25, -0.2) is 9.97 Å². The minimum absolute atomic E-state index is 0.389. The lowest BCUT2D eigenvalue weighted by molar-refractivity contribution is -0.127. The third kappa shape index (κ3) is 2.88. The largest absolute Gasteiger partial charge is 0.380 e. The summed E-state index contributed by atoms with van der Waals surface area (Å²) in [4.78, 5) is 26.3. The summed E-state index contributed by atoms with van der Waals surface area (Å²) < 4.78 is 5.37. The number of aromatic amines is 1. The summed E-state index contributed by atoms with van der Waals surface area (Å²) in [6.07, 6.45) is 5.35. The first-order valence-electron chi connectivity index (χ1n) is 9.70. The van der Waals surface area contributed by atoms with Crippen molar-refractivity contribution in [2.75, 3.05) is 31.2 Å². The van der Waals surface area contributed by atoms with E-state index in [-0.39, 0.29) is 0 Å². The SMILES string of the molecule is CC(C)(C=O)Cc1c[nH]c2ncc(-c3cccc(N4CC5(COC5)C4)c3)nc12. The summed E-state index contributed by atoms with van der Waals surface area (Å²) in [7, 11) is 0. The standard InChI is InChI=1S/C22H24N4O2/c1-21(2,12-27)7-16-8-23-20-19(16)25-18(9-24-20)15-4-3-5-17(6-15)26-10-22(11-26)13-28-14-22/h3-6,8-9,12H,7,10-11,13-14H2,1-2H3,(H,23,24). The van der Waals surface area contributed by atoms with Crippen molar-refractivity contribution < 1.29 is 9.53 Å². The molecule has 0 bridgehead atoms. The van der Waals surface area contributed by atoms with E-state index in [9.17, 15) is 4.79 Å². The van der Waals surface area contributed by atoms with Crippen LogP contribution in [0.1, 0.15) is 19.4 Å². The van der Waals surface area contributed by atoms with E-state index in [0.29, 0.717) is 11.8 Å². The number of aromatic nitrogens is 3. The Labute approximate surface area is 163 Å². The van der Waals surface area contributed by atoms with Gasteiger partial charge in [-0.1, -0.05) is 26.0 Å². The van der Waals surface area contributed by atoms with Gasteiger partial charge in [0.1, 0.15) is 11.8 Å². The number of nitrogens with zero attached hydrogens (tertiary/aromatic N) is 3. The summed E-state index contributed by atoms with van der Waals surface area (Å²) in [6.45, 7) is 7.77. The Bertz CT molecular complexity index is 1040. The Hall–Kier alpha value is -2.73. The van der Waals surface area contributed by atoms with Gasteiger partial charge in [-0.05, 0) is 24.1 Å². The average Bonchev–Trinajstić information content (AvgIpc) is 3.01. The molecule has 28 heavy (non-hydrogen) atoms. The molecule has 0 saturated carbocycles. The molecule has 0 radical (unpaired) electrons. The molecule has 6 nitrogen and oxygen atoms in total. The molecule has 2 fully saturated rings. The molecule has 4 heterocycles. The molecule has 0 atom stereocenters. The van der Waals surface area contributed by atoms with Gasteiger partial charge in [-0.2, -0.15) is 0 Å². The number of aldehydes is 1.